The summed E-state index contributed by atoms with van der Waals surface area (Å²) in [5.74, 6) is 0.798. The summed E-state index contributed by atoms with van der Waals surface area (Å²) < 4.78 is 5.41. The van der Waals surface area contributed by atoms with Gasteiger partial charge in [0.05, 0.1) is 18.8 Å². The van der Waals surface area contributed by atoms with Crippen molar-refractivity contribution in [2.75, 3.05) is 25.6 Å². The first kappa shape index (κ1) is 16.0. The number of methoxy groups -OCH3 is 1. The van der Waals surface area contributed by atoms with Crippen molar-refractivity contribution in [3.63, 3.8) is 0 Å². The average molecular weight is 325 g/mol. The van der Waals surface area contributed by atoms with Crippen molar-refractivity contribution in [1.29, 1.82) is 0 Å². The number of benzene rings is 2. The molecule has 0 amide bonds. The van der Waals surface area contributed by atoms with Gasteiger partial charge in [-0.1, -0.05) is 35.3 Å². The van der Waals surface area contributed by atoms with E-state index in [0.29, 0.717) is 16.6 Å². The summed E-state index contributed by atoms with van der Waals surface area (Å²) in [6.45, 7) is 0.436. The maximum atomic E-state index is 6.09. The summed E-state index contributed by atoms with van der Waals surface area (Å²) in [6, 6.07) is 13.3. The van der Waals surface area contributed by atoms with Gasteiger partial charge in [-0.2, -0.15) is 0 Å². The number of hydrogen-bond acceptors (Lipinski definition) is 3. The van der Waals surface area contributed by atoms with Gasteiger partial charge in [0, 0.05) is 23.6 Å². The first-order chi connectivity index (χ1) is 10.1. The van der Waals surface area contributed by atoms with Gasteiger partial charge in [-0.05, 0) is 35.9 Å². The van der Waals surface area contributed by atoms with Crippen molar-refractivity contribution < 1.29 is 4.74 Å². The third-order valence-corrected chi connectivity index (χ3v) is 3.86. The van der Waals surface area contributed by atoms with Crippen molar-refractivity contribution in [1.82, 2.24) is 0 Å². The molecule has 2 aromatic rings. The number of rotatable bonds is 5. The van der Waals surface area contributed by atoms with E-state index in [0.717, 1.165) is 17.0 Å². The minimum Gasteiger partial charge on any atom is -0.495 e. The maximum Gasteiger partial charge on any atom is 0.142 e. The van der Waals surface area contributed by atoms with E-state index in [1.54, 1.807) is 13.2 Å². The molecule has 1 atom stereocenters. The summed E-state index contributed by atoms with van der Waals surface area (Å²) in [5.41, 5.74) is 7.91. The Morgan fingerprint density at radius 1 is 1.14 bits per heavy atom. The lowest BCUT2D eigenvalue weighted by Crippen LogP contribution is -2.30. The molecule has 21 heavy (non-hydrogen) atoms. The molecule has 0 radical (unpaired) electrons. The lowest BCUT2D eigenvalue weighted by atomic mass is 10.0. The van der Waals surface area contributed by atoms with Gasteiger partial charge in [0.15, 0.2) is 0 Å². The highest BCUT2D eigenvalue weighted by molar-refractivity contribution is 6.34. The van der Waals surface area contributed by atoms with Gasteiger partial charge in [-0.3, -0.25) is 0 Å². The highest BCUT2D eigenvalue weighted by atomic mass is 35.5. The first-order valence-electron chi connectivity index (χ1n) is 6.58. The SMILES string of the molecule is COc1ccccc1N(C)C(CN)c1cc(Cl)cc(Cl)c1. The van der Waals surface area contributed by atoms with E-state index < -0.39 is 0 Å². The van der Waals surface area contributed by atoms with Crippen LogP contribution < -0.4 is 15.4 Å². The van der Waals surface area contributed by atoms with E-state index in [1.165, 1.54) is 0 Å². The van der Waals surface area contributed by atoms with Gasteiger partial charge in [-0.25, -0.2) is 0 Å². The zero-order valence-electron chi connectivity index (χ0n) is 12.0. The van der Waals surface area contributed by atoms with E-state index in [2.05, 4.69) is 4.90 Å². The monoisotopic (exact) mass is 324 g/mol. The zero-order valence-corrected chi connectivity index (χ0v) is 13.5. The van der Waals surface area contributed by atoms with Crippen LogP contribution in [0.15, 0.2) is 42.5 Å². The van der Waals surface area contributed by atoms with E-state index in [1.807, 2.05) is 43.4 Å². The fourth-order valence-corrected chi connectivity index (χ4v) is 2.92. The Morgan fingerprint density at radius 3 is 2.33 bits per heavy atom. The third kappa shape index (κ3) is 3.62. The lowest BCUT2D eigenvalue weighted by molar-refractivity contribution is 0.413. The Bertz CT molecular complexity index is 599. The largest absolute Gasteiger partial charge is 0.495 e. The molecule has 0 bridgehead atoms. The summed E-state index contributed by atoms with van der Waals surface area (Å²) in [4.78, 5) is 2.07. The van der Waals surface area contributed by atoms with E-state index in [-0.39, 0.29) is 6.04 Å². The molecule has 112 valence electrons. The minimum atomic E-state index is -0.0440. The highest BCUT2D eigenvalue weighted by Crippen LogP contribution is 2.34. The number of para-hydroxylation sites is 2. The van der Waals surface area contributed by atoms with Gasteiger partial charge in [-0.15, -0.1) is 0 Å². The van der Waals surface area contributed by atoms with Crippen LogP contribution in [0.1, 0.15) is 11.6 Å². The van der Waals surface area contributed by atoms with E-state index in [4.69, 9.17) is 33.7 Å². The molecule has 0 fully saturated rings. The van der Waals surface area contributed by atoms with Gasteiger partial charge in [0.2, 0.25) is 0 Å². The van der Waals surface area contributed by atoms with Crippen LogP contribution >= 0.6 is 23.2 Å². The van der Waals surface area contributed by atoms with Crippen molar-refractivity contribution in [3.05, 3.63) is 58.1 Å². The fraction of sp³-hybridized carbons (Fsp3) is 0.250. The van der Waals surface area contributed by atoms with Crippen LogP contribution in [0, 0.1) is 0 Å². The average Bonchev–Trinajstić information content (AvgIpc) is 2.46. The molecule has 0 heterocycles. The predicted octanol–water partition coefficient (Wildman–Crippen LogP) is 4.14. The molecule has 0 saturated carbocycles. The zero-order chi connectivity index (χ0) is 15.4. The molecule has 0 saturated heterocycles. The highest BCUT2D eigenvalue weighted by Gasteiger charge is 2.19. The first-order valence-corrected chi connectivity index (χ1v) is 7.34. The second kappa shape index (κ2) is 7.03. The van der Waals surface area contributed by atoms with Crippen LogP contribution in [0.4, 0.5) is 5.69 Å². The molecular formula is C16H18Cl2N2O. The third-order valence-electron chi connectivity index (χ3n) is 3.43. The Morgan fingerprint density at radius 2 is 1.76 bits per heavy atom. The normalized spacial score (nSPS) is 12.0. The lowest BCUT2D eigenvalue weighted by Gasteiger charge is -2.30. The van der Waals surface area contributed by atoms with Gasteiger partial charge < -0.3 is 15.4 Å². The molecule has 0 aliphatic carbocycles. The molecule has 1 unspecified atom stereocenters. The number of nitrogens with zero attached hydrogens (tertiary/aromatic N) is 1. The second-order valence-electron chi connectivity index (χ2n) is 4.74. The van der Waals surface area contributed by atoms with Crippen LogP contribution in [0.3, 0.4) is 0 Å². The number of halogens is 2. The molecule has 2 rings (SSSR count). The fourth-order valence-electron chi connectivity index (χ4n) is 2.37. The molecule has 3 nitrogen and oxygen atoms in total. The van der Waals surface area contributed by atoms with Crippen LogP contribution in [0.25, 0.3) is 0 Å². The molecule has 0 aliphatic rings. The standard InChI is InChI=1S/C16H18Cl2N2O/c1-20(14-5-3-4-6-16(14)21-2)15(10-19)11-7-12(17)9-13(18)8-11/h3-9,15H,10,19H2,1-2H3. The molecule has 2 N–H and O–H groups in total. The van der Waals surface area contributed by atoms with Gasteiger partial charge >= 0.3 is 0 Å². The number of hydrogen-bond donors (Lipinski definition) is 1. The minimum absolute atomic E-state index is 0.0440. The topological polar surface area (TPSA) is 38.5 Å². The number of nitrogens with two attached hydrogens (primary N) is 1. The predicted molar refractivity (Wildman–Crippen MR) is 89.7 cm³/mol. The van der Waals surface area contributed by atoms with Crippen LogP contribution in [0.2, 0.25) is 10.0 Å². The van der Waals surface area contributed by atoms with E-state index in [9.17, 15) is 0 Å². The van der Waals surface area contributed by atoms with Crippen molar-refractivity contribution in [2.45, 2.75) is 6.04 Å². The molecule has 0 aromatic heterocycles. The van der Waals surface area contributed by atoms with Crippen molar-refractivity contribution in [3.8, 4) is 5.75 Å². The Labute approximate surface area is 135 Å². The number of anilines is 1. The van der Waals surface area contributed by atoms with Gasteiger partial charge in [0.1, 0.15) is 5.75 Å². The Hall–Kier alpha value is -1.42. The van der Waals surface area contributed by atoms with Crippen molar-refractivity contribution >= 4 is 28.9 Å². The Balaban J connectivity index is 2.40. The number of likely N-dealkylation sites (N-methyl/N-ethyl adjacent to an activating group) is 1. The van der Waals surface area contributed by atoms with Crippen LogP contribution in [0.5, 0.6) is 5.75 Å². The summed E-state index contributed by atoms with van der Waals surface area (Å²) >= 11 is 12.2. The molecular weight excluding hydrogens is 307 g/mol. The van der Waals surface area contributed by atoms with Crippen LogP contribution in [-0.2, 0) is 0 Å². The van der Waals surface area contributed by atoms with Crippen LogP contribution in [-0.4, -0.2) is 20.7 Å². The van der Waals surface area contributed by atoms with E-state index >= 15 is 0 Å². The Kier molecular flexibility index (Phi) is 5.34. The molecule has 0 aliphatic heterocycles. The number of ether oxygens (including phenoxy) is 1. The quantitative estimate of drug-likeness (QED) is 0.898. The maximum absolute atomic E-state index is 6.09. The smallest absolute Gasteiger partial charge is 0.142 e. The summed E-state index contributed by atoms with van der Waals surface area (Å²) in [5, 5.41) is 1.20. The van der Waals surface area contributed by atoms with Crippen molar-refractivity contribution in [2.24, 2.45) is 5.73 Å². The molecule has 0 spiro atoms. The molecule has 2 aromatic carbocycles. The second-order valence-corrected chi connectivity index (χ2v) is 5.61. The van der Waals surface area contributed by atoms with Gasteiger partial charge in [0.25, 0.3) is 0 Å². The summed E-state index contributed by atoms with van der Waals surface area (Å²) in [7, 11) is 3.63. The molecule has 5 heteroatoms. The summed E-state index contributed by atoms with van der Waals surface area (Å²) in [6.07, 6.45) is 0.